The summed E-state index contributed by atoms with van der Waals surface area (Å²) in [6.07, 6.45) is 4.34. The van der Waals surface area contributed by atoms with Crippen LogP contribution in [0.25, 0.3) is 0 Å². The number of nitrogens with zero attached hydrogens (tertiary/aromatic N) is 1. The zero-order chi connectivity index (χ0) is 7.84. The molecule has 0 bridgehead atoms. The Labute approximate surface area is 66.0 Å². The van der Waals surface area contributed by atoms with Crippen molar-refractivity contribution in [3.8, 4) is 0 Å². The second kappa shape index (κ2) is 2.48. The van der Waals surface area contributed by atoms with Gasteiger partial charge in [0.2, 0.25) is 0 Å². The van der Waals surface area contributed by atoms with E-state index in [1.165, 1.54) is 12.8 Å². The van der Waals surface area contributed by atoms with Gasteiger partial charge in [0.15, 0.2) is 0 Å². The largest absolute Gasteiger partial charge is 0.480 e. The van der Waals surface area contributed by atoms with E-state index in [9.17, 15) is 4.79 Å². The normalized spacial score (nSPS) is 32.5. The molecule has 0 spiro atoms. The number of carbonyl (C=O) groups is 1. The van der Waals surface area contributed by atoms with E-state index in [2.05, 4.69) is 4.90 Å². The predicted molar refractivity (Wildman–Crippen MR) is 40.4 cm³/mol. The Hall–Kier alpha value is -0.570. The maximum Gasteiger partial charge on any atom is 0.320 e. The lowest BCUT2D eigenvalue weighted by atomic mass is 10.2. The quantitative estimate of drug-likeness (QED) is 0.638. The molecule has 0 amide bonds. The summed E-state index contributed by atoms with van der Waals surface area (Å²) in [6.45, 7) is 1.00. The van der Waals surface area contributed by atoms with Crippen LogP contribution in [-0.2, 0) is 4.79 Å². The lowest BCUT2D eigenvalue weighted by molar-refractivity contribution is -0.142. The van der Waals surface area contributed by atoms with Crippen molar-refractivity contribution < 1.29 is 9.90 Å². The van der Waals surface area contributed by atoms with Gasteiger partial charge in [-0.15, -0.1) is 0 Å². The Morgan fingerprint density at radius 1 is 1.36 bits per heavy atom. The van der Waals surface area contributed by atoms with E-state index >= 15 is 0 Å². The number of rotatable bonds is 2. The zero-order valence-corrected chi connectivity index (χ0v) is 6.49. The van der Waals surface area contributed by atoms with Crippen molar-refractivity contribution in [2.75, 3.05) is 6.54 Å². The fourth-order valence-electron chi connectivity index (χ4n) is 1.90. The summed E-state index contributed by atoms with van der Waals surface area (Å²) in [6, 6.07) is 0.445. The fraction of sp³-hybridized carbons (Fsp3) is 0.875. The zero-order valence-electron chi connectivity index (χ0n) is 6.49. The molecule has 1 saturated heterocycles. The summed E-state index contributed by atoms with van der Waals surface area (Å²) < 4.78 is 0. The van der Waals surface area contributed by atoms with Crippen LogP contribution in [0.15, 0.2) is 0 Å². The molecule has 0 aromatic rings. The average Bonchev–Trinajstić information content (AvgIpc) is 2.68. The van der Waals surface area contributed by atoms with Crippen LogP contribution in [0.3, 0.4) is 0 Å². The highest BCUT2D eigenvalue weighted by molar-refractivity contribution is 5.73. The van der Waals surface area contributed by atoms with Crippen LogP contribution in [0, 0.1) is 0 Å². The molecule has 1 aliphatic heterocycles. The third-order valence-corrected chi connectivity index (χ3v) is 2.60. The Bertz CT molecular complexity index is 177. The summed E-state index contributed by atoms with van der Waals surface area (Å²) in [5.74, 6) is -0.630. The van der Waals surface area contributed by atoms with Crippen molar-refractivity contribution in [3.63, 3.8) is 0 Å². The van der Waals surface area contributed by atoms with Crippen molar-refractivity contribution in [2.24, 2.45) is 0 Å². The molecular weight excluding hydrogens is 142 g/mol. The molecule has 3 heteroatoms. The number of likely N-dealkylation sites (tertiary alicyclic amines) is 1. The van der Waals surface area contributed by atoms with Crippen molar-refractivity contribution >= 4 is 5.97 Å². The minimum atomic E-state index is -0.630. The molecule has 1 saturated carbocycles. The number of carboxylic acids is 1. The van der Waals surface area contributed by atoms with Gasteiger partial charge in [-0.25, -0.2) is 0 Å². The first-order valence-corrected chi connectivity index (χ1v) is 4.27. The van der Waals surface area contributed by atoms with Crippen molar-refractivity contribution in [1.29, 1.82) is 0 Å². The van der Waals surface area contributed by atoms with E-state index in [0.717, 1.165) is 19.4 Å². The Morgan fingerprint density at radius 2 is 2.09 bits per heavy atom. The summed E-state index contributed by atoms with van der Waals surface area (Å²) >= 11 is 0. The fourth-order valence-corrected chi connectivity index (χ4v) is 1.90. The van der Waals surface area contributed by atoms with Crippen molar-refractivity contribution in [1.82, 2.24) is 4.90 Å². The van der Waals surface area contributed by atoms with Gasteiger partial charge in [0.05, 0.1) is 0 Å². The van der Waals surface area contributed by atoms with Gasteiger partial charge in [-0.2, -0.15) is 0 Å². The van der Waals surface area contributed by atoms with Gasteiger partial charge < -0.3 is 5.11 Å². The van der Waals surface area contributed by atoms with Gasteiger partial charge >= 0.3 is 5.97 Å². The molecule has 0 radical (unpaired) electrons. The minimum absolute atomic E-state index is 0.164. The van der Waals surface area contributed by atoms with E-state index in [4.69, 9.17) is 5.11 Å². The Morgan fingerprint density at radius 3 is 2.64 bits per heavy atom. The Kier molecular flexibility index (Phi) is 1.60. The highest BCUT2D eigenvalue weighted by Crippen LogP contribution is 2.33. The molecule has 11 heavy (non-hydrogen) atoms. The third-order valence-electron chi connectivity index (χ3n) is 2.60. The van der Waals surface area contributed by atoms with Crippen LogP contribution >= 0.6 is 0 Å². The molecule has 0 aromatic carbocycles. The second-order valence-corrected chi connectivity index (χ2v) is 3.47. The molecule has 2 rings (SSSR count). The van der Waals surface area contributed by atoms with Crippen LogP contribution in [-0.4, -0.2) is 34.6 Å². The molecule has 1 unspecified atom stereocenters. The molecular formula is C8H13NO2. The lowest BCUT2D eigenvalue weighted by Gasteiger charge is -2.19. The third kappa shape index (κ3) is 1.25. The second-order valence-electron chi connectivity index (χ2n) is 3.47. The SMILES string of the molecule is O=C(O)C1CCCN1C1CC1. The number of hydrogen-bond acceptors (Lipinski definition) is 2. The molecule has 2 aliphatic rings. The molecule has 62 valence electrons. The molecule has 1 N–H and O–H groups in total. The van der Waals surface area contributed by atoms with Gasteiger partial charge in [-0.05, 0) is 32.2 Å². The minimum Gasteiger partial charge on any atom is -0.480 e. The molecule has 0 aromatic heterocycles. The van der Waals surface area contributed by atoms with Crippen LogP contribution in [0.5, 0.6) is 0 Å². The summed E-state index contributed by atoms with van der Waals surface area (Å²) in [5, 5.41) is 8.82. The van der Waals surface area contributed by atoms with Gasteiger partial charge in [-0.3, -0.25) is 9.69 Å². The van der Waals surface area contributed by atoms with Crippen LogP contribution < -0.4 is 0 Å². The smallest absolute Gasteiger partial charge is 0.320 e. The topological polar surface area (TPSA) is 40.5 Å². The highest BCUT2D eigenvalue weighted by Gasteiger charge is 2.39. The standard InChI is InChI=1S/C8H13NO2/c10-8(11)7-2-1-5-9(7)6-3-4-6/h6-7H,1-5H2,(H,10,11). The van der Waals surface area contributed by atoms with Gasteiger partial charge in [0.1, 0.15) is 6.04 Å². The first kappa shape index (κ1) is 7.10. The summed E-state index contributed by atoms with van der Waals surface area (Å²) in [5.41, 5.74) is 0. The Balaban J connectivity index is 2.01. The van der Waals surface area contributed by atoms with E-state index in [1.54, 1.807) is 0 Å². The van der Waals surface area contributed by atoms with E-state index in [1.807, 2.05) is 0 Å². The van der Waals surface area contributed by atoms with Crippen molar-refractivity contribution in [2.45, 2.75) is 37.8 Å². The monoisotopic (exact) mass is 155 g/mol. The van der Waals surface area contributed by atoms with Crippen LogP contribution in [0.4, 0.5) is 0 Å². The van der Waals surface area contributed by atoms with E-state index < -0.39 is 5.97 Å². The maximum atomic E-state index is 10.7. The lowest BCUT2D eigenvalue weighted by Crippen LogP contribution is -2.37. The molecule has 3 nitrogen and oxygen atoms in total. The highest BCUT2D eigenvalue weighted by atomic mass is 16.4. The maximum absolute atomic E-state index is 10.7. The average molecular weight is 155 g/mol. The van der Waals surface area contributed by atoms with E-state index in [-0.39, 0.29) is 6.04 Å². The first-order chi connectivity index (χ1) is 5.29. The van der Waals surface area contributed by atoms with Gasteiger partial charge in [0.25, 0.3) is 0 Å². The predicted octanol–water partition coefficient (Wildman–Crippen LogP) is 0.698. The summed E-state index contributed by atoms with van der Waals surface area (Å²) in [4.78, 5) is 12.9. The first-order valence-electron chi connectivity index (χ1n) is 4.27. The molecule has 1 atom stereocenters. The number of carboxylic acid groups (broad SMARTS) is 1. The molecule has 2 fully saturated rings. The molecule has 1 aliphatic carbocycles. The van der Waals surface area contributed by atoms with Gasteiger partial charge in [0, 0.05) is 6.04 Å². The number of hydrogen-bond donors (Lipinski definition) is 1. The number of aliphatic carboxylic acids is 1. The van der Waals surface area contributed by atoms with E-state index in [0.29, 0.717) is 6.04 Å². The molecule has 1 heterocycles. The van der Waals surface area contributed by atoms with Crippen molar-refractivity contribution in [3.05, 3.63) is 0 Å². The summed E-state index contributed by atoms with van der Waals surface area (Å²) in [7, 11) is 0. The van der Waals surface area contributed by atoms with Gasteiger partial charge in [-0.1, -0.05) is 0 Å². The van der Waals surface area contributed by atoms with Crippen LogP contribution in [0.1, 0.15) is 25.7 Å². The van der Waals surface area contributed by atoms with Crippen LogP contribution in [0.2, 0.25) is 0 Å².